The molecule has 0 spiro atoms. The maximum absolute atomic E-state index is 5.14. The lowest BCUT2D eigenvalue weighted by atomic mass is 10.1. The van der Waals surface area contributed by atoms with Crippen LogP contribution in [0.5, 0.6) is 0 Å². The van der Waals surface area contributed by atoms with Crippen LogP contribution in [0.3, 0.4) is 0 Å². The maximum atomic E-state index is 5.14. The van der Waals surface area contributed by atoms with E-state index < -0.39 is 0 Å². The third kappa shape index (κ3) is 4.80. The van der Waals surface area contributed by atoms with E-state index in [4.69, 9.17) is 17.0 Å². The SMILES string of the molecule is COCCNC(=S)Nc1ncn(Cc2ccccc2C)n1. The Morgan fingerprint density at radius 2 is 2.19 bits per heavy atom. The average molecular weight is 305 g/mol. The first kappa shape index (κ1) is 15.4. The Morgan fingerprint density at radius 1 is 1.38 bits per heavy atom. The number of nitrogens with one attached hydrogen (secondary N) is 2. The second-order valence-corrected chi connectivity index (χ2v) is 4.97. The number of hydrogen-bond donors (Lipinski definition) is 2. The third-order valence-corrected chi connectivity index (χ3v) is 3.19. The van der Waals surface area contributed by atoms with Crippen molar-refractivity contribution in [3.8, 4) is 0 Å². The summed E-state index contributed by atoms with van der Waals surface area (Å²) < 4.78 is 6.72. The number of anilines is 1. The summed E-state index contributed by atoms with van der Waals surface area (Å²) in [5, 5.41) is 10.8. The number of rotatable bonds is 6. The van der Waals surface area contributed by atoms with E-state index in [1.807, 2.05) is 12.1 Å². The molecule has 0 amide bonds. The van der Waals surface area contributed by atoms with E-state index in [9.17, 15) is 0 Å². The van der Waals surface area contributed by atoms with Crippen molar-refractivity contribution in [1.82, 2.24) is 20.1 Å². The van der Waals surface area contributed by atoms with Crippen LogP contribution in [0.15, 0.2) is 30.6 Å². The molecule has 2 N–H and O–H groups in total. The van der Waals surface area contributed by atoms with Crippen LogP contribution in [0.4, 0.5) is 5.95 Å². The van der Waals surface area contributed by atoms with Crippen LogP contribution in [0.25, 0.3) is 0 Å². The van der Waals surface area contributed by atoms with Crippen molar-refractivity contribution < 1.29 is 4.74 Å². The molecule has 0 bridgehead atoms. The molecule has 0 unspecified atom stereocenters. The molecule has 112 valence electrons. The van der Waals surface area contributed by atoms with Crippen molar-refractivity contribution >= 4 is 23.3 Å². The number of hydrogen-bond acceptors (Lipinski definition) is 4. The van der Waals surface area contributed by atoms with Crippen molar-refractivity contribution in [2.75, 3.05) is 25.6 Å². The highest BCUT2D eigenvalue weighted by molar-refractivity contribution is 7.80. The molecule has 0 atom stereocenters. The Morgan fingerprint density at radius 3 is 2.95 bits per heavy atom. The number of ether oxygens (including phenoxy) is 1. The lowest BCUT2D eigenvalue weighted by molar-refractivity contribution is 0.204. The smallest absolute Gasteiger partial charge is 0.248 e. The zero-order valence-electron chi connectivity index (χ0n) is 12.2. The topological polar surface area (TPSA) is 64.0 Å². The van der Waals surface area contributed by atoms with Crippen LogP contribution in [0.1, 0.15) is 11.1 Å². The first-order valence-electron chi connectivity index (χ1n) is 6.67. The predicted octanol–water partition coefficient (Wildman–Crippen LogP) is 1.57. The summed E-state index contributed by atoms with van der Waals surface area (Å²) in [5.74, 6) is 0.485. The lowest BCUT2D eigenvalue weighted by Crippen LogP contribution is -2.31. The van der Waals surface area contributed by atoms with Crippen LogP contribution in [0, 0.1) is 6.92 Å². The van der Waals surface area contributed by atoms with Gasteiger partial charge in [0.25, 0.3) is 0 Å². The van der Waals surface area contributed by atoms with Crippen LogP contribution in [0.2, 0.25) is 0 Å². The fourth-order valence-corrected chi connectivity index (χ4v) is 2.00. The summed E-state index contributed by atoms with van der Waals surface area (Å²) >= 11 is 5.14. The Bertz CT molecular complexity index is 599. The van der Waals surface area contributed by atoms with Gasteiger partial charge in [0, 0.05) is 13.7 Å². The number of aromatic nitrogens is 3. The molecule has 0 aliphatic carbocycles. The number of benzene rings is 1. The molecule has 1 aromatic heterocycles. The molecule has 7 heteroatoms. The molecular weight excluding hydrogens is 286 g/mol. The van der Waals surface area contributed by atoms with Crippen molar-refractivity contribution in [2.24, 2.45) is 0 Å². The number of nitrogens with zero attached hydrogens (tertiary/aromatic N) is 3. The molecule has 0 radical (unpaired) electrons. The number of thiocarbonyl (C=S) groups is 1. The fourth-order valence-electron chi connectivity index (χ4n) is 1.80. The molecular formula is C14H19N5OS. The minimum absolute atomic E-state index is 0.485. The second kappa shape index (κ2) is 7.70. The van der Waals surface area contributed by atoms with Crippen molar-refractivity contribution in [3.63, 3.8) is 0 Å². The molecule has 1 heterocycles. The van der Waals surface area contributed by atoms with E-state index in [1.54, 1.807) is 18.1 Å². The molecule has 21 heavy (non-hydrogen) atoms. The molecule has 2 rings (SSSR count). The largest absolute Gasteiger partial charge is 0.383 e. The maximum Gasteiger partial charge on any atom is 0.248 e. The van der Waals surface area contributed by atoms with Crippen molar-refractivity contribution in [3.05, 3.63) is 41.7 Å². The molecule has 0 saturated heterocycles. The summed E-state index contributed by atoms with van der Waals surface area (Å²) in [5.41, 5.74) is 2.45. The third-order valence-electron chi connectivity index (χ3n) is 2.95. The number of methoxy groups -OCH3 is 1. The van der Waals surface area contributed by atoms with Gasteiger partial charge < -0.3 is 10.1 Å². The van der Waals surface area contributed by atoms with E-state index in [0.717, 1.165) is 0 Å². The minimum Gasteiger partial charge on any atom is -0.383 e. The van der Waals surface area contributed by atoms with Crippen molar-refractivity contribution in [2.45, 2.75) is 13.5 Å². The first-order chi connectivity index (χ1) is 10.2. The van der Waals surface area contributed by atoms with Gasteiger partial charge in [0.15, 0.2) is 5.11 Å². The van der Waals surface area contributed by atoms with Gasteiger partial charge in [-0.2, -0.15) is 0 Å². The highest BCUT2D eigenvalue weighted by Gasteiger charge is 2.04. The highest BCUT2D eigenvalue weighted by atomic mass is 32.1. The normalized spacial score (nSPS) is 10.4. The van der Waals surface area contributed by atoms with Crippen LogP contribution >= 0.6 is 12.2 Å². The van der Waals surface area contributed by atoms with E-state index >= 15 is 0 Å². The van der Waals surface area contributed by atoms with Crippen molar-refractivity contribution in [1.29, 1.82) is 0 Å². The van der Waals surface area contributed by atoms with Crippen LogP contribution in [-0.2, 0) is 11.3 Å². The zero-order chi connectivity index (χ0) is 15.1. The van der Waals surface area contributed by atoms with Gasteiger partial charge in [-0.15, -0.1) is 5.10 Å². The summed E-state index contributed by atoms with van der Waals surface area (Å²) in [6.07, 6.45) is 1.69. The first-order valence-corrected chi connectivity index (χ1v) is 7.07. The van der Waals surface area contributed by atoms with Gasteiger partial charge in [-0.3, -0.25) is 5.32 Å². The zero-order valence-corrected chi connectivity index (χ0v) is 13.0. The molecule has 2 aromatic rings. The molecule has 0 aliphatic heterocycles. The van der Waals surface area contributed by atoms with E-state index in [-0.39, 0.29) is 0 Å². The molecule has 0 aliphatic rings. The Kier molecular flexibility index (Phi) is 5.65. The average Bonchev–Trinajstić information content (AvgIpc) is 2.89. The molecule has 0 fully saturated rings. The van der Waals surface area contributed by atoms with E-state index in [0.29, 0.717) is 30.8 Å². The van der Waals surface area contributed by atoms with Gasteiger partial charge in [0.2, 0.25) is 5.95 Å². The lowest BCUT2D eigenvalue weighted by Gasteiger charge is -2.07. The van der Waals surface area contributed by atoms with Gasteiger partial charge in [-0.1, -0.05) is 24.3 Å². The monoisotopic (exact) mass is 305 g/mol. The Hall–Kier alpha value is -1.99. The quantitative estimate of drug-likeness (QED) is 0.624. The molecule has 0 saturated carbocycles. The van der Waals surface area contributed by atoms with Gasteiger partial charge in [-0.25, -0.2) is 9.67 Å². The van der Waals surface area contributed by atoms with Crippen LogP contribution < -0.4 is 10.6 Å². The Balaban J connectivity index is 1.89. The van der Waals surface area contributed by atoms with Gasteiger partial charge in [-0.05, 0) is 30.3 Å². The van der Waals surface area contributed by atoms with Gasteiger partial charge in [0.1, 0.15) is 6.33 Å². The standard InChI is InChI=1S/C14H19N5OS/c1-11-5-3-4-6-12(11)9-19-10-16-13(18-19)17-14(21)15-7-8-20-2/h3-6,10H,7-9H2,1-2H3,(H2,15,17,18,21). The minimum atomic E-state index is 0.485. The summed E-state index contributed by atoms with van der Waals surface area (Å²) in [4.78, 5) is 4.19. The van der Waals surface area contributed by atoms with Crippen LogP contribution in [-0.4, -0.2) is 40.1 Å². The highest BCUT2D eigenvalue weighted by Crippen LogP contribution is 2.09. The Labute approximate surface area is 129 Å². The van der Waals surface area contributed by atoms with E-state index in [1.165, 1.54) is 11.1 Å². The van der Waals surface area contributed by atoms with E-state index in [2.05, 4.69) is 39.8 Å². The molecule has 1 aromatic carbocycles. The fraction of sp³-hybridized carbons (Fsp3) is 0.357. The summed E-state index contributed by atoms with van der Waals surface area (Å²) in [7, 11) is 1.65. The summed E-state index contributed by atoms with van der Waals surface area (Å²) in [6, 6.07) is 8.21. The van der Waals surface area contributed by atoms with Gasteiger partial charge in [0.05, 0.1) is 13.2 Å². The van der Waals surface area contributed by atoms with Gasteiger partial charge >= 0.3 is 0 Å². The molecule has 6 nitrogen and oxygen atoms in total. The summed E-state index contributed by atoms with van der Waals surface area (Å²) in [6.45, 7) is 4.01. The second-order valence-electron chi connectivity index (χ2n) is 4.57. The predicted molar refractivity (Wildman–Crippen MR) is 86.4 cm³/mol. The number of aryl methyl sites for hydroxylation is 1.